The summed E-state index contributed by atoms with van der Waals surface area (Å²) in [5.74, 6) is -0.223. The normalized spacial score (nSPS) is 12.7. The van der Waals surface area contributed by atoms with Crippen LogP contribution in [0.2, 0.25) is 0 Å². The molecule has 0 saturated carbocycles. The SMILES string of the molecule is CCOC(OCC)[C@H](C)N(Cc1csc2ccccc12)C(=O)[C@H](Cc1ccc(OC(C)(C)C)cc1)NC(=O)CONC(=O)NCc1ccncc1. The van der Waals surface area contributed by atoms with Crippen LogP contribution in [0.4, 0.5) is 4.79 Å². The molecule has 12 nitrogen and oxygen atoms in total. The number of fused-ring (bicyclic) bond motifs is 1. The second-order valence-electron chi connectivity index (χ2n) is 12.9. The Morgan fingerprint density at radius 3 is 2.27 bits per heavy atom. The van der Waals surface area contributed by atoms with Crippen molar-refractivity contribution in [2.24, 2.45) is 0 Å². The van der Waals surface area contributed by atoms with Crippen LogP contribution >= 0.6 is 11.3 Å². The molecule has 0 unspecified atom stereocenters. The van der Waals surface area contributed by atoms with Gasteiger partial charge >= 0.3 is 6.03 Å². The van der Waals surface area contributed by atoms with E-state index in [1.807, 2.05) is 90.1 Å². The third-order valence-electron chi connectivity index (χ3n) is 7.72. The van der Waals surface area contributed by atoms with Crippen molar-refractivity contribution in [3.8, 4) is 5.75 Å². The second-order valence-corrected chi connectivity index (χ2v) is 13.8. The molecule has 4 amide bonds. The molecule has 0 spiro atoms. The van der Waals surface area contributed by atoms with E-state index in [2.05, 4.69) is 26.5 Å². The Hall–Kier alpha value is -4.56. The zero-order valence-corrected chi connectivity index (χ0v) is 31.0. The number of urea groups is 1. The monoisotopic (exact) mass is 719 g/mol. The highest BCUT2D eigenvalue weighted by Gasteiger charge is 2.34. The Labute approximate surface area is 303 Å². The summed E-state index contributed by atoms with van der Waals surface area (Å²) in [6.07, 6.45) is 2.73. The molecule has 0 aliphatic rings. The van der Waals surface area contributed by atoms with Crippen LogP contribution in [-0.4, -0.2) is 71.5 Å². The predicted molar refractivity (Wildman–Crippen MR) is 197 cm³/mol. The van der Waals surface area contributed by atoms with E-state index in [0.29, 0.717) is 19.0 Å². The maximum atomic E-state index is 14.7. The lowest BCUT2D eigenvalue weighted by Gasteiger charge is -2.36. The summed E-state index contributed by atoms with van der Waals surface area (Å²) in [4.78, 5) is 51.2. The molecule has 0 radical (unpaired) electrons. The zero-order valence-electron chi connectivity index (χ0n) is 30.1. The molecule has 4 rings (SSSR count). The maximum Gasteiger partial charge on any atom is 0.338 e. The van der Waals surface area contributed by atoms with E-state index in [4.69, 9.17) is 19.0 Å². The summed E-state index contributed by atoms with van der Waals surface area (Å²) in [7, 11) is 0. The van der Waals surface area contributed by atoms with Gasteiger partial charge in [0.05, 0.1) is 6.04 Å². The first-order chi connectivity index (χ1) is 24.5. The fraction of sp³-hybridized carbons (Fsp3) is 0.421. The quantitative estimate of drug-likeness (QED) is 0.0873. The van der Waals surface area contributed by atoms with Crippen LogP contribution in [0.5, 0.6) is 5.75 Å². The lowest BCUT2D eigenvalue weighted by atomic mass is 10.0. The summed E-state index contributed by atoms with van der Waals surface area (Å²) in [6.45, 7) is 12.3. The number of nitrogens with zero attached hydrogens (tertiary/aromatic N) is 2. The Morgan fingerprint density at radius 2 is 1.61 bits per heavy atom. The molecule has 0 fully saturated rings. The fourth-order valence-electron chi connectivity index (χ4n) is 5.37. The van der Waals surface area contributed by atoms with E-state index < -0.39 is 36.9 Å². The van der Waals surface area contributed by atoms with Crippen molar-refractivity contribution in [1.29, 1.82) is 0 Å². The van der Waals surface area contributed by atoms with Crippen LogP contribution in [-0.2, 0) is 43.4 Å². The number of hydrogen-bond acceptors (Lipinski definition) is 9. The molecule has 2 aromatic carbocycles. The molecule has 0 saturated heterocycles. The largest absolute Gasteiger partial charge is 0.488 e. The predicted octanol–water partition coefficient (Wildman–Crippen LogP) is 5.75. The first kappa shape index (κ1) is 39.2. The number of amides is 4. The van der Waals surface area contributed by atoms with Crippen molar-refractivity contribution < 1.29 is 33.4 Å². The van der Waals surface area contributed by atoms with Gasteiger partial charge in [0.15, 0.2) is 12.9 Å². The molecular weight excluding hydrogens is 671 g/mol. The van der Waals surface area contributed by atoms with Crippen LogP contribution in [0, 0.1) is 0 Å². The van der Waals surface area contributed by atoms with Crippen molar-refractivity contribution >= 4 is 39.3 Å². The molecule has 0 aliphatic heterocycles. The van der Waals surface area contributed by atoms with Crippen molar-refractivity contribution in [2.45, 2.75) is 85.0 Å². The third kappa shape index (κ3) is 12.3. The van der Waals surface area contributed by atoms with Gasteiger partial charge < -0.3 is 29.7 Å². The number of carbonyl (C=O) groups excluding carboxylic acids is 3. The molecule has 2 atom stereocenters. The highest BCUT2D eigenvalue weighted by Crippen LogP contribution is 2.28. The van der Waals surface area contributed by atoms with Crippen molar-refractivity contribution in [3.05, 3.63) is 95.1 Å². The average Bonchev–Trinajstić information content (AvgIpc) is 3.52. The van der Waals surface area contributed by atoms with Gasteiger partial charge in [-0.1, -0.05) is 30.3 Å². The van der Waals surface area contributed by atoms with Crippen LogP contribution in [0.15, 0.2) is 78.4 Å². The number of thiophene rings is 1. The minimum absolute atomic E-state index is 0.182. The molecule has 3 N–H and O–H groups in total. The Kier molecular flexibility index (Phi) is 14.7. The maximum absolute atomic E-state index is 14.7. The van der Waals surface area contributed by atoms with Gasteiger partial charge in [0.25, 0.3) is 0 Å². The van der Waals surface area contributed by atoms with Crippen LogP contribution in [0.25, 0.3) is 10.1 Å². The number of benzene rings is 2. The van der Waals surface area contributed by atoms with Gasteiger partial charge in [-0.3, -0.25) is 19.4 Å². The number of hydroxylamine groups is 1. The van der Waals surface area contributed by atoms with Gasteiger partial charge in [-0.2, -0.15) is 0 Å². The van der Waals surface area contributed by atoms with Crippen molar-refractivity contribution in [1.82, 2.24) is 26.0 Å². The first-order valence-corrected chi connectivity index (χ1v) is 18.0. The molecule has 274 valence electrons. The highest BCUT2D eigenvalue weighted by molar-refractivity contribution is 7.17. The lowest BCUT2D eigenvalue weighted by Crippen LogP contribution is -2.55. The van der Waals surface area contributed by atoms with E-state index in [-0.39, 0.29) is 31.0 Å². The molecule has 51 heavy (non-hydrogen) atoms. The number of carbonyl (C=O) groups is 3. The van der Waals surface area contributed by atoms with E-state index in [1.54, 1.807) is 40.8 Å². The smallest absolute Gasteiger partial charge is 0.338 e. The number of rotatable bonds is 18. The summed E-state index contributed by atoms with van der Waals surface area (Å²) in [6, 6.07) is 16.9. The summed E-state index contributed by atoms with van der Waals surface area (Å²) in [5.41, 5.74) is 4.48. The number of ether oxygens (including phenoxy) is 3. The summed E-state index contributed by atoms with van der Waals surface area (Å²) >= 11 is 1.61. The summed E-state index contributed by atoms with van der Waals surface area (Å²) < 4.78 is 19.0. The number of pyridine rings is 1. The van der Waals surface area contributed by atoms with Gasteiger partial charge in [-0.05, 0) is 99.3 Å². The minimum atomic E-state index is -0.993. The lowest BCUT2D eigenvalue weighted by molar-refractivity contribution is -0.179. The average molecular weight is 720 g/mol. The topological polar surface area (TPSA) is 140 Å². The van der Waals surface area contributed by atoms with Crippen molar-refractivity contribution in [3.63, 3.8) is 0 Å². The molecular formula is C38H49N5O7S. The van der Waals surface area contributed by atoms with Gasteiger partial charge in [-0.25, -0.2) is 10.3 Å². The first-order valence-electron chi connectivity index (χ1n) is 17.1. The van der Waals surface area contributed by atoms with Crippen LogP contribution in [0.1, 0.15) is 58.2 Å². The Morgan fingerprint density at radius 1 is 0.922 bits per heavy atom. The van der Waals surface area contributed by atoms with Gasteiger partial charge in [0, 0.05) is 49.8 Å². The summed E-state index contributed by atoms with van der Waals surface area (Å²) in [5, 5.41) is 8.61. The highest BCUT2D eigenvalue weighted by atomic mass is 32.1. The van der Waals surface area contributed by atoms with E-state index in [9.17, 15) is 14.4 Å². The molecule has 0 bridgehead atoms. The fourth-order valence-corrected chi connectivity index (χ4v) is 6.32. The van der Waals surface area contributed by atoms with Gasteiger partial charge in [0.1, 0.15) is 17.4 Å². The van der Waals surface area contributed by atoms with Crippen LogP contribution in [0.3, 0.4) is 0 Å². The van der Waals surface area contributed by atoms with E-state index in [1.165, 1.54) is 0 Å². The third-order valence-corrected chi connectivity index (χ3v) is 8.74. The van der Waals surface area contributed by atoms with E-state index >= 15 is 0 Å². The minimum Gasteiger partial charge on any atom is -0.488 e. The van der Waals surface area contributed by atoms with E-state index in [0.717, 1.165) is 26.8 Å². The number of nitrogens with one attached hydrogen (secondary N) is 3. The Balaban J connectivity index is 1.55. The number of hydrogen-bond donors (Lipinski definition) is 3. The molecule has 13 heteroatoms. The Bertz CT molecular complexity index is 1690. The zero-order chi connectivity index (χ0) is 36.8. The molecule has 2 heterocycles. The molecule has 0 aliphatic carbocycles. The molecule has 2 aromatic heterocycles. The second kappa shape index (κ2) is 19.2. The van der Waals surface area contributed by atoms with Gasteiger partial charge in [0.2, 0.25) is 11.8 Å². The van der Waals surface area contributed by atoms with Crippen LogP contribution < -0.4 is 20.9 Å². The van der Waals surface area contributed by atoms with Gasteiger partial charge in [-0.15, -0.1) is 11.3 Å². The molecule has 4 aromatic rings. The standard InChI is InChI=1S/C38H49N5O7S/c1-7-47-36(48-8-2)26(3)43(23-29-25-51-33-12-10-9-11-31(29)33)35(45)32(21-27-13-15-30(16-14-27)50-38(4,5)6)41-34(44)24-49-42-37(46)40-22-28-17-19-39-20-18-28/h9-20,25-26,32,36H,7-8,21-24H2,1-6H3,(H,41,44)(H2,40,42,46)/t26-,32-/m0/s1. The van der Waals surface area contributed by atoms with Crippen molar-refractivity contribution in [2.75, 3.05) is 19.8 Å². The number of aromatic nitrogens is 1.